The maximum Gasteiger partial charge on any atom is 0.156 e. The quantitative estimate of drug-likeness (QED) is 0.711. The highest BCUT2D eigenvalue weighted by atomic mass is 32.2. The highest BCUT2D eigenvalue weighted by Crippen LogP contribution is 2.23. The van der Waals surface area contributed by atoms with Crippen LogP contribution in [0.5, 0.6) is 0 Å². The van der Waals surface area contributed by atoms with Crippen LogP contribution in [-0.2, 0) is 9.84 Å². The second-order valence-corrected chi connectivity index (χ2v) is 7.07. The molecule has 0 aliphatic carbocycles. The first-order valence-corrected chi connectivity index (χ1v) is 6.46. The molecular weight excluding hydrogens is 202 g/mol. The Balaban J connectivity index is 4.93. The topological polar surface area (TPSA) is 80.4 Å². The van der Waals surface area contributed by atoms with Crippen LogP contribution in [0.1, 0.15) is 27.7 Å². The van der Waals surface area contributed by atoms with Crippen molar-refractivity contribution in [3.05, 3.63) is 0 Å². The molecule has 0 saturated heterocycles. The molecule has 0 aromatic heterocycles. The molecule has 0 rings (SSSR count). The van der Waals surface area contributed by atoms with Gasteiger partial charge in [-0.1, -0.05) is 27.7 Å². The van der Waals surface area contributed by atoms with E-state index in [2.05, 4.69) is 0 Å². The van der Waals surface area contributed by atoms with E-state index in [0.717, 1.165) is 0 Å². The fourth-order valence-electron chi connectivity index (χ4n) is 1.22. The lowest BCUT2D eigenvalue weighted by atomic mass is 9.85. The Kier molecular flexibility index (Phi) is 4.55. The minimum Gasteiger partial charge on any atom is -0.395 e. The van der Waals surface area contributed by atoms with Crippen molar-refractivity contribution in [3.8, 4) is 0 Å². The molecule has 3 N–H and O–H groups in total. The van der Waals surface area contributed by atoms with Gasteiger partial charge in [-0.05, 0) is 5.41 Å². The van der Waals surface area contributed by atoms with Crippen molar-refractivity contribution in [2.24, 2.45) is 11.1 Å². The van der Waals surface area contributed by atoms with Crippen LogP contribution in [0.15, 0.2) is 0 Å². The van der Waals surface area contributed by atoms with E-state index in [1.165, 1.54) is 0 Å². The molecule has 0 saturated carbocycles. The summed E-state index contributed by atoms with van der Waals surface area (Å²) in [5.74, 6) is 0.0159. The van der Waals surface area contributed by atoms with Gasteiger partial charge in [0.25, 0.3) is 0 Å². The number of hydrogen-bond acceptors (Lipinski definition) is 4. The van der Waals surface area contributed by atoms with E-state index in [9.17, 15) is 8.42 Å². The molecule has 0 amide bonds. The molecule has 0 aromatic carbocycles. The lowest BCUT2D eigenvalue weighted by molar-refractivity contribution is 0.227. The van der Waals surface area contributed by atoms with E-state index in [0.29, 0.717) is 0 Å². The molecular formula is C9H21NO3S. The molecule has 0 radical (unpaired) electrons. The first-order valence-electron chi connectivity index (χ1n) is 4.74. The lowest BCUT2D eigenvalue weighted by Crippen LogP contribution is -2.51. The number of rotatable bonds is 4. The molecule has 0 heterocycles. The average molecular weight is 223 g/mol. The van der Waals surface area contributed by atoms with Crippen molar-refractivity contribution >= 4 is 9.84 Å². The van der Waals surface area contributed by atoms with E-state index in [4.69, 9.17) is 10.8 Å². The first kappa shape index (κ1) is 13.9. The van der Waals surface area contributed by atoms with Crippen molar-refractivity contribution in [3.63, 3.8) is 0 Å². The third kappa shape index (κ3) is 3.22. The molecule has 0 aliphatic heterocycles. The van der Waals surface area contributed by atoms with Gasteiger partial charge in [0.15, 0.2) is 9.84 Å². The summed E-state index contributed by atoms with van der Waals surface area (Å²) in [7, 11) is -3.27. The Bertz CT molecular complexity index is 266. The maximum absolute atomic E-state index is 11.6. The van der Waals surface area contributed by atoms with Gasteiger partial charge in [0.05, 0.1) is 11.9 Å². The Morgan fingerprint density at radius 1 is 1.36 bits per heavy atom. The Hall–Kier alpha value is -0.130. The average Bonchev–Trinajstić information content (AvgIpc) is 2.03. The Morgan fingerprint density at radius 3 is 2.00 bits per heavy atom. The predicted molar refractivity (Wildman–Crippen MR) is 57.8 cm³/mol. The minimum absolute atomic E-state index is 0.0159. The summed E-state index contributed by atoms with van der Waals surface area (Å²) in [5, 5.41) is 8.21. The second-order valence-electron chi connectivity index (χ2n) is 4.56. The molecule has 0 bridgehead atoms. The fraction of sp³-hybridized carbons (Fsp3) is 1.00. The maximum atomic E-state index is 11.6. The van der Waals surface area contributed by atoms with Crippen molar-refractivity contribution < 1.29 is 13.5 Å². The monoisotopic (exact) mass is 223 g/mol. The summed E-state index contributed by atoms with van der Waals surface area (Å²) in [4.78, 5) is 0. The van der Waals surface area contributed by atoms with Crippen molar-refractivity contribution in [1.82, 2.24) is 0 Å². The molecule has 0 spiro atoms. The molecule has 4 nitrogen and oxygen atoms in total. The fourth-order valence-corrected chi connectivity index (χ4v) is 2.73. The van der Waals surface area contributed by atoms with Crippen molar-refractivity contribution in [2.75, 3.05) is 12.4 Å². The van der Waals surface area contributed by atoms with Gasteiger partial charge >= 0.3 is 0 Å². The van der Waals surface area contributed by atoms with Crippen LogP contribution in [0.4, 0.5) is 0 Å². The SMILES string of the molecule is CCS(=O)(=O)C(CO)C(N)C(C)(C)C. The highest BCUT2D eigenvalue weighted by Gasteiger charge is 2.36. The van der Waals surface area contributed by atoms with Gasteiger partial charge in [0, 0.05) is 11.8 Å². The molecule has 5 heteroatoms. The number of sulfone groups is 1. The van der Waals surface area contributed by atoms with Gasteiger partial charge in [-0.15, -0.1) is 0 Å². The lowest BCUT2D eigenvalue weighted by Gasteiger charge is -2.32. The van der Waals surface area contributed by atoms with E-state index in [-0.39, 0.29) is 11.2 Å². The number of aliphatic hydroxyl groups is 1. The standard InChI is InChI=1S/C9H21NO3S/c1-5-14(12,13)7(6-11)8(10)9(2,3)4/h7-8,11H,5-6,10H2,1-4H3. The second kappa shape index (κ2) is 4.59. The van der Waals surface area contributed by atoms with Gasteiger partial charge in [-0.25, -0.2) is 8.42 Å². The zero-order chi connectivity index (χ0) is 11.6. The van der Waals surface area contributed by atoms with E-state index in [1.807, 2.05) is 20.8 Å². The summed E-state index contributed by atoms with van der Waals surface area (Å²) in [6, 6.07) is -0.544. The zero-order valence-corrected chi connectivity index (χ0v) is 10.1. The molecule has 2 unspecified atom stereocenters. The smallest absolute Gasteiger partial charge is 0.156 e. The summed E-state index contributed by atoms with van der Waals surface area (Å²) in [5.41, 5.74) is 5.50. The summed E-state index contributed by atoms with van der Waals surface area (Å²) in [6.45, 7) is 6.75. The van der Waals surface area contributed by atoms with Crippen molar-refractivity contribution in [1.29, 1.82) is 0 Å². The van der Waals surface area contributed by atoms with E-state index in [1.54, 1.807) is 6.92 Å². The van der Waals surface area contributed by atoms with Crippen LogP contribution in [0, 0.1) is 5.41 Å². The molecule has 0 fully saturated rings. The zero-order valence-electron chi connectivity index (χ0n) is 9.32. The first-order chi connectivity index (χ1) is 6.16. The van der Waals surface area contributed by atoms with E-state index < -0.39 is 27.7 Å². The normalized spacial score (nSPS) is 17.9. The van der Waals surface area contributed by atoms with Crippen LogP contribution >= 0.6 is 0 Å². The van der Waals surface area contributed by atoms with Crippen LogP contribution in [0.25, 0.3) is 0 Å². The molecule has 14 heavy (non-hydrogen) atoms. The predicted octanol–water partition coefficient (Wildman–Crippen LogP) is 0.155. The Labute approximate surface area is 86.4 Å². The summed E-state index contributed by atoms with van der Waals surface area (Å²) in [6.07, 6.45) is 0. The van der Waals surface area contributed by atoms with Gasteiger partial charge < -0.3 is 10.8 Å². The van der Waals surface area contributed by atoms with E-state index >= 15 is 0 Å². The van der Waals surface area contributed by atoms with Gasteiger partial charge in [-0.3, -0.25) is 0 Å². The van der Waals surface area contributed by atoms with Gasteiger partial charge in [0.1, 0.15) is 0 Å². The summed E-state index contributed by atoms with van der Waals surface area (Å²) < 4.78 is 23.2. The molecule has 0 aliphatic rings. The number of nitrogens with two attached hydrogens (primary N) is 1. The number of hydrogen-bond donors (Lipinski definition) is 2. The number of aliphatic hydroxyl groups excluding tert-OH is 1. The molecule has 86 valence electrons. The third-order valence-electron chi connectivity index (χ3n) is 2.44. The van der Waals surface area contributed by atoms with Gasteiger partial charge in [0.2, 0.25) is 0 Å². The molecule has 0 aromatic rings. The van der Waals surface area contributed by atoms with Gasteiger partial charge in [-0.2, -0.15) is 0 Å². The third-order valence-corrected chi connectivity index (χ3v) is 4.61. The van der Waals surface area contributed by atoms with Crippen LogP contribution in [0.2, 0.25) is 0 Å². The van der Waals surface area contributed by atoms with Crippen LogP contribution in [0.3, 0.4) is 0 Å². The van der Waals surface area contributed by atoms with Crippen molar-refractivity contribution in [2.45, 2.75) is 39.0 Å². The Morgan fingerprint density at radius 2 is 1.79 bits per heavy atom. The summed E-state index contributed by atoms with van der Waals surface area (Å²) >= 11 is 0. The van der Waals surface area contributed by atoms with Crippen LogP contribution in [-0.4, -0.2) is 37.2 Å². The van der Waals surface area contributed by atoms with Crippen LogP contribution < -0.4 is 5.73 Å². The molecule has 2 atom stereocenters. The largest absolute Gasteiger partial charge is 0.395 e. The minimum atomic E-state index is -3.27. The highest BCUT2D eigenvalue weighted by molar-refractivity contribution is 7.92.